The van der Waals surface area contributed by atoms with Gasteiger partial charge in [-0.3, -0.25) is 4.79 Å². The van der Waals surface area contributed by atoms with E-state index >= 15 is 0 Å². The quantitative estimate of drug-likeness (QED) is 0.306. The largest absolute Gasteiger partial charge is 0.378 e. The summed E-state index contributed by atoms with van der Waals surface area (Å²) in [6, 6.07) is 11.8. The molecule has 174 valence electrons. The van der Waals surface area contributed by atoms with Crippen LogP contribution < -0.4 is 16.1 Å². The van der Waals surface area contributed by atoms with E-state index in [1.54, 1.807) is 13.0 Å². The van der Waals surface area contributed by atoms with E-state index in [4.69, 9.17) is 22.0 Å². The van der Waals surface area contributed by atoms with Crippen LogP contribution in [0.3, 0.4) is 0 Å². The number of benzene rings is 1. The second-order valence-electron chi connectivity index (χ2n) is 7.67. The maximum absolute atomic E-state index is 13.1. The van der Waals surface area contributed by atoms with Gasteiger partial charge in [-0.05, 0) is 53.8 Å². The van der Waals surface area contributed by atoms with E-state index in [1.165, 1.54) is 21.6 Å². The van der Waals surface area contributed by atoms with Gasteiger partial charge in [0.15, 0.2) is 5.69 Å². The van der Waals surface area contributed by atoms with Gasteiger partial charge in [-0.25, -0.2) is 10.1 Å². The van der Waals surface area contributed by atoms with Crippen LogP contribution in [-0.2, 0) is 13.0 Å². The lowest BCUT2D eigenvalue weighted by Gasteiger charge is -2.31. The number of halogens is 1. The molecule has 1 aromatic carbocycles. The Morgan fingerprint density at radius 1 is 1.29 bits per heavy atom. The van der Waals surface area contributed by atoms with Crippen molar-refractivity contribution < 1.29 is 9.42 Å². The average Bonchev–Trinajstić information content (AvgIpc) is 3.57. The summed E-state index contributed by atoms with van der Waals surface area (Å²) in [5.74, 6) is -0.302. The van der Waals surface area contributed by atoms with E-state index in [0.717, 1.165) is 30.0 Å². The summed E-state index contributed by atoms with van der Waals surface area (Å²) in [6.07, 6.45) is 1.99. The number of hydrogen-bond donors (Lipinski definition) is 2. The van der Waals surface area contributed by atoms with Crippen molar-refractivity contribution in [3.8, 4) is 5.82 Å². The molecule has 13 heteroatoms. The summed E-state index contributed by atoms with van der Waals surface area (Å²) in [5, 5.41) is 19.9. The fraction of sp³-hybridized carbons (Fsp3) is 0.238. The molecular weight excluding hydrogens is 478 g/mol. The summed E-state index contributed by atoms with van der Waals surface area (Å²) in [6.45, 7) is 2.95. The number of nitrogens with two attached hydrogens (primary N) is 1. The third kappa shape index (κ3) is 4.24. The highest BCUT2D eigenvalue weighted by Crippen LogP contribution is 2.29. The molecule has 4 aromatic rings. The number of hydrogen-bond acceptors (Lipinski definition) is 10. The fourth-order valence-corrected chi connectivity index (χ4v) is 4.82. The number of carbonyl (C=O) groups excluding carboxylic acids is 1. The predicted octanol–water partition coefficient (Wildman–Crippen LogP) is 3.05. The zero-order chi connectivity index (χ0) is 23.7. The zero-order valence-corrected chi connectivity index (χ0v) is 19.7. The van der Waals surface area contributed by atoms with E-state index in [9.17, 15) is 4.79 Å². The molecule has 0 saturated heterocycles. The average molecular weight is 498 g/mol. The molecule has 3 N–H and O–H groups in total. The van der Waals surface area contributed by atoms with Crippen LogP contribution >= 0.6 is 22.9 Å². The SMILES string of the molecule is C/C(=N/NC(=O)c1nnn(-c2nonc2N)c1CN1CCCc2ccccc21)c1ccc(Cl)s1. The van der Waals surface area contributed by atoms with E-state index in [0.29, 0.717) is 22.3 Å². The minimum Gasteiger partial charge on any atom is -0.378 e. The first-order valence-corrected chi connectivity index (χ1v) is 11.7. The van der Waals surface area contributed by atoms with Gasteiger partial charge < -0.3 is 10.6 Å². The van der Waals surface area contributed by atoms with Crippen LogP contribution in [0.4, 0.5) is 11.5 Å². The van der Waals surface area contributed by atoms with Crippen molar-refractivity contribution in [3.63, 3.8) is 0 Å². The van der Waals surface area contributed by atoms with Gasteiger partial charge in [-0.15, -0.1) is 16.4 Å². The van der Waals surface area contributed by atoms with E-state index < -0.39 is 5.91 Å². The molecule has 1 aliphatic rings. The van der Waals surface area contributed by atoms with Crippen molar-refractivity contribution in [2.45, 2.75) is 26.3 Å². The third-order valence-electron chi connectivity index (χ3n) is 5.48. The maximum Gasteiger partial charge on any atom is 0.293 e. The minimum absolute atomic E-state index is 0.0422. The molecule has 0 spiro atoms. The van der Waals surface area contributed by atoms with E-state index in [1.807, 2.05) is 18.2 Å². The van der Waals surface area contributed by atoms with Gasteiger partial charge >= 0.3 is 0 Å². The van der Waals surface area contributed by atoms with Crippen LogP contribution in [0.5, 0.6) is 0 Å². The number of carbonyl (C=O) groups is 1. The number of hydrazone groups is 1. The van der Waals surface area contributed by atoms with Gasteiger partial charge in [0.1, 0.15) is 0 Å². The molecule has 4 heterocycles. The van der Waals surface area contributed by atoms with E-state index in [-0.39, 0.29) is 17.3 Å². The molecule has 1 amide bonds. The highest BCUT2D eigenvalue weighted by Gasteiger charge is 2.27. The molecule has 11 nitrogen and oxygen atoms in total. The smallest absolute Gasteiger partial charge is 0.293 e. The Balaban J connectivity index is 1.48. The van der Waals surface area contributed by atoms with Crippen molar-refractivity contribution in [1.29, 1.82) is 0 Å². The van der Waals surface area contributed by atoms with E-state index in [2.05, 4.69) is 48.2 Å². The number of thiophene rings is 1. The number of fused-ring (bicyclic) bond motifs is 1. The number of para-hydroxylation sites is 1. The number of nitrogens with zero attached hydrogens (tertiary/aromatic N) is 7. The molecule has 0 unspecified atom stereocenters. The molecule has 0 aliphatic carbocycles. The third-order valence-corrected chi connectivity index (χ3v) is 6.82. The summed E-state index contributed by atoms with van der Waals surface area (Å²) < 4.78 is 6.76. The number of amides is 1. The Hall–Kier alpha value is -3.77. The number of aromatic nitrogens is 5. The number of anilines is 2. The number of nitrogen functional groups attached to an aromatic ring is 1. The number of aryl methyl sites for hydroxylation is 1. The van der Waals surface area contributed by atoms with Crippen LogP contribution in [0.2, 0.25) is 4.34 Å². The lowest BCUT2D eigenvalue weighted by molar-refractivity contribution is 0.0948. The molecule has 1 aliphatic heterocycles. The van der Waals surface area contributed by atoms with Crippen molar-refractivity contribution in [2.24, 2.45) is 5.10 Å². The van der Waals surface area contributed by atoms with Crippen molar-refractivity contribution in [3.05, 3.63) is 62.6 Å². The Bertz CT molecular complexity index is 1380. The standard InChI is InChI=1S/C21H20ClN9O2S/c1-12(16-8-9-17(22)34-16)24-26-21(32)18-15(31(29-25-18)20-19(23)27-33-28-20)11-30-10-4-6-13-5-2-3-7-14(13)30/h2-3,5,7-9H,4,6,10-11H2,1H3,(H2,23,27)(H,26,32)/b24-12-. The summed E-state index contributed by atoms with van der Waals surface area (Å²) in [5.41, 5.74) is 12.0. The highest BCUT2D eigenvalue weighted by molar-refractivity contribution is 7.18. The molecule has 5 rings (SSSR count). The van der Waals surface area contributed by atoms with Gasteiger partial charge in [0.05, 0.1) is 27.2 Å². The Labute approximate surface area is 203 Å². The van der Waals surface area contributed by atoms with Gasteiger partial charge in [0, 0.05) is 12.2 Å². The van der Waals surface area contributed by atoms with Gasteiger partial charge in [-0.1, -0.05) is 35.0 Å². The Morgan fingerprint density at radius 3 is 2.91 bits per heavy atom. The molecule has 0 saturated carbocycles. The summed E-state index contributed by atoms with van der Waals surface area (Å²) in [7, 11) is 0. The van der Waals surface area contributed by atoms with Crippen LogP contribution in [0.15, 0.2) is 46.1 Å². The molecule has 0 fully saturated rings. The maximum atomic E-state index is 13.1. The lowest BCUT2D eigenvalue weighted by atomic mass is 10.0. The summed E-state index contributed by atoms with van der Waals surface area (Å²) in [4.78, 5) is 16.1. The normalized spacial score (nSPS) is 13.7. The van der Waals surface area contributed by atoms with Gasteiger partial charge in [0.2, 0.25) is 11.6 Å². The van der Waals surface area contributed by atoms with Crippen molar-refractivity contribution in [1.82, 2.24) is 30.7 Å². The number of nitrogens with one attached hydrogen (secondary N) is 1. The molecule has 3 aromatic heterocycles. The monoisotopic (exact) mass is 497 g/mol. The Morgan fingerprint density at radius 2 is 2.15 bits per heavy atom. The highest BCUT2D eigenvalue weighted by atomic mass is 35.5. The fourth-order valence-electron chi connectivity index (χ4n) is 3.84. The minimum atomic E-state index is -0.511. The van der Waals surface area contributed by atoms with Gasteiger partial charge in [0.25, 0.3) is 5.91 Å². The molecule has 34 heavy (non-hydrogen) atoms. The van der Waals surface area contributed by atoms with Crippen molar-refractivity contribution in [2.75, 3.05) is 17.2 Å². The first-order chi connectivity index (χ1) is 16.5. The lowest BCUT2D eigenvalue weighted by Crippen LogP contribution is -2.31. The molecule has 0 atom stereocenters. The molecule has 0 radical (unpaired) electrons. The first kappa shape index (κ1) is 22.0. The topological polar surface area (TPSA) is 140 Å². The van der Waals surface area contributed by atoms with Crippen LogP contribution in [0.1, 0.15) is 40.0 Å². The zero-order valence-electron chi connectivity index (χ0n) is 18.1. The molecule has 0 bridgehead atoms. The Kier molecular flexibility index (Phi) is 5.99. The number of rotatable bonds is 6. The van der Waals surface area contributed by atoms with Crippen LogP contribution in [0.25, 0.3) is 5.82 Å². The summed E-state index contributed by atoms with van der Waals surface area (Å²) >= 11 is 7.37. The molecular formula is C21H20ClN9O2S. The van der Waals surface area contributed by atoms with Crippen LogP contribution in [0, 0.1) is 0 Å². The second kappa shape index (κ2) is 9.23. The van der Waals surface area contributed by atoms with Gasteiger partial charge in [-0.2, -0.15) is 9.78 Å². The van der Waals surface area contributed by atoms with Crippen LogP contribution in [-0.4, -0.2) is 43.5 Å². The second-order valence-corrected chi connectivity index (χ2v) is 9.38. The predicted molar refractivity (Wildman–Crippen MR) is 128 cm³/mol. The van der Waals surface area contributed by atoms with Crippen molar-refractivity contribution >= 4 is 46.1 Å². The first-order valence-electron chi connectivity index (χ1n) is 10.5.